The molecule has 0 aromatic heterocycles. The first kappa shape index (κ1) is 14.1. The Hall–Kier alpha value is -2.30. The smallest absolute Gasteiger partial charge is 0.167 e. The van der Waals surface area contributed by atoms with E-state index in [9.17, 15) is 18.0 Å². The standard InChI is InChI=1S/C15H11F3O2/c1-20-15-5-3-10(6-13(15)18)14(19)7-9-2-4-11(16)8-12(9)17/h2-6,8H,7H2,1H3. The number of methoxy groups -OCH3 is 1. The number of hydrogen-bond acceptors (Lipinski definition) is 2. The molecule has 5 heteroatoms. The highest BCUT2D eigenvalue weighted by molar-refractivity contribution is 5.97. The number of ether oxygens (including phenoxy) is 1. The fraction of sp³-hybridized carbons (Fsp3) is 0.133. The summed E-state index contributed by atoms with van der Waals surface area (Å²) in [7, 11) is 1.31. The molecule has 2 rings (SSSR count). The third-order valence-electron chi connectivity index (χ3n) is 2.84. The topological polar surface area (TPSA) is 26.3 Å². The first-order valence-electron chi connectivity index (χ1n) is 5.82. The van der Waals surface area contributed by atoms with Crippen LogP contribution in [0.5, 0.6) is 5.75 Å². The molecule has 0 aliphatic rings. The predicted molar refractivity (Wildman–Crippen MR) is 67.3 cm³/mol. The van der Waals surface area contributed by atoms with Crippen LogP contribution < -0.4 is 4.74 Å². The van der Waals surface area contributed by atoms with Gasteiger partial charge in [-0.05, 0) is 29.8 Å². The van der Waals surface area contributed by atoms with E-state index < -0.39 is 23.2 Å². The highest BCUT2D eigenvalue weighted by atomic mass is 19.1. The second-order valence-corrected chi connectivity index (χ2v) is 4.19. The molecule has 0 radical (unpaired) electrons. The number of carbonyl (C=O) groups excluding carboxylic acids is 1. The molecule has 0 bridgehead atoms. The molecule has 2 aromatic carbocycles. The van der Waals surface area contributed by atoms with Crippen molar-refractivity contribution >= 4 is 5.78 Å². The maximum Gasteiger partial charge on any atom is 0.167 e. The van der Waals surface area contributed by atoms with E-state index >= 15 is 0 Å². The summed E-state index contributed by atoms with van der Waals surface area (Å²) in [6.45, 7) is 0. The Morgan fingerprint density at radius 1 is 1.05 bits per heavy atom. The summed E-state index contributed by atoms with van der Waals surface area (Å²) in [6, 6.07) is 6.72. The minimum Gasteiger partial charge on any atom is -0.494 e. The summed E-state index contributed by atoms with van der Waals surface area (Å²) in [5.74, 6) is -2.62. The van der Waals surface area contributed by atoms with Crippen molar-refractivity contribution in [3.8, 4) is 5.75 Å². The maximum absolute atomic E-state index is 13.5. The third kappa shape index (κ3) is 2.99. The molecule has 2 nitrogen and oxygen atoms in total. The molecular weight excluding hydrogens is 269 g/mol. The number of ketones is 1. The van der Waals surface area contributed by atoms with Crippen LogP contribution in [-0.2, 0) is 6.42 Å². The van der Waals surface area contributed by atoms with Gasteiger partial charge in [0.25, 0.3) is 0 Å². The van der Waals surface area contributed by atoms with Crippen molar-refractivity contribution in [1.82, 2.24) is 0 Å². The number of carbonyl (C=O) groups is 1. The van der Waals surface area contributed by atoms with Crippen molar-refractivity contribution in [3.63, 3.8) is 0 Å². The maximum atomic E-state index is 13.5. The molecule has 0 aliphatic heterocycles. The van der Waals surface area contributed by atoms with Gasteiger partial charge in [-0.3, -0.25) is 4.79 Å². The molecule has 0 amide bonds. The lowest BCUT2D eigenvalue weighted by Crippen LogP contribution is -2.06. The summed E-state index contributed by atoms with van der Waals surface area (Å²) in [6.07, 6.45) is -0.266. The average molecular weight is 280 g/mol. The lowest BCUT2D eigenvalue weighted by molar-refractivity contribution is 0.0991. The molecule has 20 heavy (non-hydrogen) atoms. The van der Waals surface area contributed by atoms with Gasteiger partial charge >= 0.3 is 0 Å². The minimum atomic E-state index is -0.799. The zero-order chi connectivity index (χ0) is 14.7. The molecule has 0 unspecified atom stereocenters. The van der Waals surface area contributed by atoms with Gasteiger partial charge in [-0.25, -0.2) is 13.2 Å². The van der Waals surface area contributed by atoms with Crippen molar-refractivity contribution in [1.29, 1.82) is 0 Å². The zero-order valence-electron chi connectivity index (χ0n) is 10.6. The van der Waals surface area contributed by atoms with E-state index in [1.807, 2.05) is 0 Å². The quantitative estimate of drug-likeness (QED) is 0.801. The van der Waals surface area contributed by atoms with Gasteiger partial charge in [0.05, 0.1) is 7.11 Å². The summed E-state index contributed by atoms with van der Waals surface area (Å²) in [5.41, 5.74) is 0.166. The van der Waals surface area contributed by atoms with Crippen LogP contribution in [0.2, 0.25) is 0 Å². The lowest BCUT2D eigenvalue weighted by Gasteiger charge is -2.06. The van der Waals surface area contributed by atoms with Crippen LogP contribution in [0.1, 0.15) is 15.9 Å². The van der Waals surface area contributed by atoms with E-state index in [2.05, 4.69) is 0 Å². The van der Waals surface area contributed by atoms with Gasteiger partial charge in [-0.2, -0.15) is 0 Å². The second-order valence-electron chi connectivity index (χ2n) is 4.19. The molecule has 2 aromatic rings. The Kier molecular flexibility index (Phi) is 4.08. The number of benzene rings is 2. The highest BCUT2D eigenvalue weighted by Crippen LogP contribution is 2.19. The first-order valence-corrected chi connectivity index (χ1v) is 5.82. The van der Waals surface area contributed by atoms with Crippen molar-refractivity contribution in [2.24, 2.45) is 0 Å². The van der Waals surface area contributed by atoms with Gasteiger partial charge in [0.2, 0.25) is 0 Å². The number of halogens is 3. The van der Waals surface area contributed by atoms with Crippen LogP contribution in [0.4, 0.5) is 13.2 Å². The molecular formula is C15H11F3O2. The molecule has 0 saturated carbocycles. The first-order chi connectivity index (χ1) is 9.51. The largest absolute Gasteiger partial charge is 0.494 e. The second kappa shape index (κ2) is 5.77. The van der Waals surface area contributed by atoms with E-state index in [4.69, 9.17) is 4.74 Å². The van der Waals surface area contributed by atoms with Crippen LogP contribution in [-0.4, -0.2) is 12.9 Å². The molecule has 0 heterocycles. The Morgan fingerprint density at radius 2 is 1.80 bits per heavy atom. The number of rotatable bonds is 4. The Balaban J connectivity index is 2.21. The van der Waals surface area contributed by atoms with Gasteiger partial charge in [-0.1, -0.05) is 6.07 Å². The Bertz CT molecular complexity index is 654. The Morgan fingerprint density at radius 3 is 2.40 bits per heavy atom. The fourth-order valence-electron chi connectivity index (χ4n) is 1.78. The Labute approximate surface area is 113 Å². The number of Topliss-reactive ketones (excluding diaryl/α,β-unsaturated/α-hetero) is 1. The molecule has 0 fully saturated rings. The van der Waals surface area contributed by atoms with Gasteiger partial charge in [0.15, 0.2) is 17.3 Å². The normalized spacial score (nSPS) is 10.4. The summed E-state index contributed by atoms with van der Waals surface area (Å²) >= 11 is 0. The van der Waals surface area contributed by atoms with Crippen LogP contribution in [0.3, 0.4) is 0 Å². The van der Waals surface area contributed by atoms with E-state index in [-0.39, 0.29) is 23.3 Å². The van der Waals surface area contributed by atoms with Crippen molar-refractivity contribution in [3.05, 3.63) is 65.0 Å². The van der Waals surface area contributed by atoms with Crippen LogP contribution >= 0.6 is 0 Å². The molecule has 104 valence electrons. The monoisotopic (exact) mass is 280 g/mol. The zero-order valence-corrected chi connectivity index (χ0v) is 10.6. The highest BCUT2D eigenvalue weighted by Gasteiger charge is 2.13. The van der Waals surface area contributed by atoms with Gasteiger partial charge in [0, 0.05) is 18.1 Å². The van der Waals surface area contributed by atoms with Crippen molar-refractivity contribution in [2.75, 3.05) is 7.11 Å². The van der Waals surface area contributed by atoms with Gasteiger partial charge < -0.3 is 4.74 Å². The predicted octanol–water partition coefficient (Wildman–Crippen LogP) is 3.54. The molecule has 0 atom stereocenters. The van der Waals surface area contributed by atoms with E-state index in [0.717, 1.165) is 12.1 Å². The van der Waals surface area contributed by atoms with E-state index in [0.29, 0.717) is 6.07 Å². The van der Waals surface area contributed by atoms with Crippen LogP contribution in [0, 0.1) is 17.5 Å². The van der Waals surface area contributed by atoms with E-state index in [1.165, 1.54) is 25.3 Å². The molecule has 0 saturated heterocycles. The van der Waals surface area contributed by atoms with Gasteiger partial charge in [0.1, 0.15) is 11.6 Å². The molecule has 0 spiro atoms. The average Bonchev–Trinajstić information content (AvgIpc) is 2.41. The van der Waals surface area contributed by atoms with Crippen molar-refractivity contribution in [2.45, 2.75) is 6.42 Å². The lowest BCUT2D eigenvalue weighted by atomic mass is 10.0. The summed E-state index contributed by atoms with van der Waals surface area (Å²) < 4.78 is 44.4. The minimum absolute atomic E-state index is 0.0227. The van der Waals surface area contributed by atoms with E-state index in [1.54, 1.807) is 0 Å². The summed E-state index contributed by atoms with van der Waals surface area (Å²) in [5, 5.41) is 0. The number of hydrogen-bond donors (Lipinski definition) is 0. The molecule has 0 N–H and O–H groups in total. The fourth-order valence-corrected chi connectivity index (χ4v) is 1.78. The van der Waals surface area contributed by atoms with Crippen molar-refractivity contribution < 1.29 is 22.7 Å². The van der Waals surface area contributed by atoms with Crippen LogP contribution in [0.15, 0.2) is 36.4 Å². The third-order valence-corrected chi connectivity index (χ3v) is 2.84. The SMILES string of the molecule is COc1ccc(C(=O)Cc2ccc(F)cc2F)cc1F. The molecule has 0 aliphatic carbocycles. The van der Waals surface area contributed by atoms with Crippen LogP contribution in [0.25, 0.3) is 0 Å². The van der Waals surface area contributed by atoms with Gasteiger partial charge in [-0.15, -0.1) is 0 Å². The summed E-state index contributed by atoms with van der Waals surface area (Å²) in [4.78, 5) is 11.9.